The summed E-state index contributed by atoms with van der Waals surface area (Å²) in [4.78, 5) is 0. The first kappa shape index (κ1) is 25.1. The average Bonchev–Trinajstić information content (AvgIpc) is 3.66. The Morgan fingerprint density at radius 3 is 1.79 bits per heavy atom. The molecular formula is C46H27N. The molecule has 0 aliphatic heterocycles. The molecule has 0 fully saturated rings. The number of rotatable bonds is 2. The van der Waals surface area contributed by atoms with Gasteiger partial charge in [-0.15, -0.1) is 0 Å². The summed E-state index contributed by atoms with van der Waals surface area (Å²) in [5.41, 5.74) is 11.5. The number of hydrogen-bond donors (Lipinski definition) is 0. The van der Waals surface area contributed by atoms with Crippen LogP contribution in [0.4, 0.5) is 0 Å². The first-order valence-electron chi connectivity index (χ1n) is 16.4. The van der Waals surface area contributed by atoms with E-state index in [0.29, 0.717) is 0 Å². The Labute approximate surface area is 271 Å². The maximum atomic E-state index is 2.51. The molecule has 0 spiro atoms. The van der Waals surface area contributed by atoms with E-state index in [0.717, 1.165) is 0 Å². The SMILES string of the molecule is c1cc(-c2ccc3c4c(cccc24)-c2ccccc2-3)cc(-n2c3ccccc3c3c4ccccc4c4c5ccccc5ccc4c32)c1. The van der Waals surface area contributed by atoms with Gasteiger partial charge in [-0.05, 0) is 89.3 Å². The number of fused-ring (bicyclic) bond motifs is 13. The summed E-state index contributed by atoms with van der Waals surface area (Å²) < 4.78 is 2.51. The van der Waals surface area contributed by atoms with Crippen LogP contribution in [0.25, 0.3) is 104 Å². The minimum atomic E-state index is 1.17. The molecule has 10 aromatic rings. The van der Waals surface area contributed by atoms with Crippen LogP contribution in [0.5, 0.6) is 0 Å². The summed E-state index contributed by atoms with van der Waals surface area (Å²) in [5.74, 6) is 0. The van der Waals surface area contributed by atoms with Crippen LogP contribution in [0, 0.1) is 0 Å². The number of aromatic nitrogens is 1. The van der Waals surface area contributed by atoms with Gasteiger partial charge in [-0.1, -0.05) is 146 Å². The van der Waals surface area contributed by atoms with E-state index in [1.807, 2.05) is 0 Å². The van der Waals surface area contributed by atoms with Crippen LogP contribution in [-0.4, -0.2) is 4.57 Å². The fourth-order valence-corrected chi connectivity index (χ4v) is 8.59. The van der Waals surface area contributed by atoms with E-state index in [2.05, 4.69) is 168 Å². The van der Waals surface area contributed by atoms with Crippen LogP contribution in [0.3, 0.4) is 0 Å². The molecule has 0 N–H and O–H groups in total. The van der Waals surface area contributed by atoms with E-state index in [1.54, 1.807) is 0 Å². The lowest BCUT2D eigenvalue weighted by atomic mass is 9.93. The molecule has 0 amide bonds. The summed E-state index contributed by atoms with van der Waals surface area (Å²) >= 11 is 0. The fraction of sp³-hybridized carbons (Fsp3) is 0. The second-order valence-electron chi connectivity index (χ2n) is 12.8. The number of nitrogens with zero attached hydrogens (tertiary/aromatic N) is 1. The van der Waals surface area contributed by atoms with Gasteiger partial charge in [0.15, 0.2) is 0 Å². The molecular weight excluding hydrogens is 567 g/mol. The molecule has 0 bridgehead atoms. The molecule has 1 heteroatoms. The number of hydrogen-bond acceptors (Lipinski definition) is 0. The summed E-state index contributed by atoms with van der Waals surface area (Å²) in [7, 11) is 0. The number of para-hydroxylation sites is 1. The third-order valence-electron chi connectivity index (χ3n) is 10.5. The van der Waals surface area contributed by atoms with Crippen molar-refractivity contribution < 1.29 is 0 Å². The van der Waals surface area contributed by atoms with Crippen molar-refractivity contribution in [2.24, 2.45) is 0 Å². The zero-order valence-electron chi connectivity index (χ0n) is 25.5. The fourth-order valence-electron chi connectivity index (χ4n) is 8.59. The molecule has 11 rings (SSSR count). The van der Waals surface area contributed by atoms with Crippen molar-refractivity contribution in [1.29, 1.82) is 0 Å². The quantitative estimate of drug-likeness (QED) is 0.176. The highest BCUT2D eigenvalue weighted by molar-refractivity contribution is 6.36. The minimum absolute atomic E-state index is 1.17. The zero-order chi connectivity index (χ0) is 30.6. The van der Waals surface area contributed by atoms with Gasteiger partial charge >= 0.3 is 0 Å². The lowest BCUT2D eigenvalue weighted by molar-refractivity contribution is 1.19. The predicted molar refractivity (Wildman–Crippen MR) is 201 cm³/mol. The van der Waals surface area contributed by atoms with Crippen molar-refractivity contribution in [2.45, 2.75) is 0 Å². The van der Waals surface area contributed by atoms with Crippen LogP contribution in [0.2, 0.25) is 0 Å². The van der Waals surface area contributed by atoms with E-state index in [9.17, 15) is 0 Å². The highest BCUT2D eigenvalue weighted by atomic mass is 15.0. The second kappa shape index (κ2) is 9.19. The van der Waals surface area contributed by atoms with Gasteiger partial charge < -0.3 is 4.57 Å². The Balaban J connectivity index is 1.24. The molecule has 0 radical (unpaired) electrons. The lowest BCUT2D eigenvalue weighted by Gasteiger charge is -2.15. The standard InChI is InChI=1S/C46H27N/c1-2-14-32-28(11-1)23-24-41-43(32)37-17-5-6-18-38(37)45-40-19-7-8-22-42(40)47(46(41)45)30-13-9-12-29(27-30)31-25-26-39-34-16-4-3-15-33(34)36-21-10-20-35(31)44(36)39/h1-27H. The van der Waals surface area contributed by atoms with Crippen molar-refractivity contribution in [3.8, 4) is 39.1 Å². The normalized spacial score (nSPS) is 12.3. The maximum absolute atomic E-state index is 2.51. The van der Waals surface area contributed by atoms with Gasteiger partial charge in [0, 0.05) is 21.8 Å². The smallest absolute Gasteiger partial charge is 0.0626 e. The molecule has 0 atom stereocenters. The molecule has 0 saturated carbocycles. The van der Waals surface area contributed by atoms with Crippen molar-refractivity contribution >= 4 is 64.9 Å². The minimum Gasteiger partial charge on any atom is -0.309 e. The molecule has 0 unspecified atom stereocenters. The number of benzene rings is 9. The summed E-state index contributed by atoms with van der Waals surface area (Å²) in [6, 6.07) is 60.7. The molecule has 0 saturated heterocycles. The molecule has 9 aromatic carbocycles. The Kier molecular flexibility index (Phi) is 4.90. The van der Waals surface area contributed by atoms with Gasteiger partial charge in [-0.2, -0.15) is 0 Å². The van der Waals surface area contributed by atoms with Crippen LogP contribution in [-0.2, 0) is 0 Å². The van der Waals surface area contributed by atoms with Crippen molar-refractivity contribution in [3.63, 3.8) is 0 Å². The zero-order valence-corrected chi connectivity index (χ0v) is 25.5. The molecule has 1 aromatic heterocycles. The largest absolute Gasteiger partial charge is 0.309 e. The van der Waals surface area contributed by atoms with Crippen LogP contribution in [0.15, 0.2) is 164 Å². The summed E-state index contributed by atoms with van der Waals surface area (Å²) in [6.45, 7) is 0. The molecule has 1 aliphatic rings. The monoisotopic (exact) mass is 593 g/mol. The summed E-state index contributed by atoms with van der Waals surface area (Å²) in [6.07, 6.45) is 0. The van der Waals surface area contributed by atoms with Gasteiger partial charge in [0.2, 0.25) is 0 Å². The second-order valence-corrected chi connectivity index (χ2v) is 12.8. The first-order chi connectivity index (χ1) is 23.3. The van der Waals surface area contributed by atoms with Crippen LogP contribution < -0.4 is 0 Å². The van der Waals surface area contributed by atoms with Crippen molar-refractivity contribution in [3.05, 3.63) is 164 Å². The summed E-state index contributed by atoms with van der Waals surface area (Å²) in [5, 5.41) is 13.0. The Hall–Kier alpha value is -6.18. The third kappa shape index (κ3) is 3.28. The predicted octanol–water partition coefficient (Wildman–Crippen LogP) is 12.7. The van der Waals surface area contributed by atoms with Gasteiger partial charge in [0.25, 0.3) is 0 Å². The van der Waals surface area contributed by atoms with E-state index in [4.69, 9.17) is 0 Å². The molecule has 1 heterocycles. The van der Waals surface area contributed by atoms with E-state index < -0.39 is 0 Å². The Bertz CT molecular complexity index is 2930. The first-order valence-corrected chi connectivity index (χ1v) is 16.4. The Morgan fingerprint density at radius 1 is 0.319 bits per heavy atom. The maximum Gasteiger partial charge on any atom is 0.0626 e. The van der Waals surface area contributed by atoms with Gasteiger partial charge in [-0.3, -0.25) is 0 Å². The van der Waals surface area contributed by atoms with Gasteiger partial charge in [-0.25, -0.2) is 0 Å². The van der Waals surface area contributed by atoms with Crippen LogP contribution >= 0.6 is 0 Å². The van der Waals surface area contributed by atoms with E-state index in [1.165, 1.54) is 104 Å². The van der Waals surface area contributed by atoms with Gasteiger partial charge in [0.05, 0.1) is 11.0 Å². The van der Waals surface area contributed by atoms with E-state index in [-0.39, 0.29) is 0 Å². The molecule has 1 nitrogen and oxygen atoms in total. The third-order valence-corrected chi connectivity index (χ3v) is 10.5. The van der Waals surface area contributed by atoms with Crippen molar-refractivity contribution in [1.82, 2.24) is 4.57 Å². The van der Waals surface area contributed by atoms with Crippen LogP contribution in [0.1, 0.15) is 0 Å². The Morgan fingerprint density at radius 2 is 0.936 bits per heavy atom. The lowest BCUT2D eigenvalue weighted by Crippen LogP contribution is -1.96. The highest BCUT2D eigenvalue weighted by Crippen LogP contribution is 2.50. The van der Waals surface area contributed by atoms with Crippen molar-refractivity contribution in [2.75, 3.05) is 0 Å². The molecule has 47 heavy (non-hydrogen) atoms. The highest BCUT2D eigenvalue weighted by Gasteiger charge is 2.23. The molecule has 1 aliphatic carbocycles. The molecule has 216 valence electrons. The van der Waals surface area contributed by atoms with E-state index >= 15 is 0 Å². The topological polar surface area (TPSA) is 4.93 Å². The van der Waals surface area contributed by atoms with Gasteiger partial charge in [0.1, 0.15) is 0 Å². The average molecular weight is 594 g/mol.